The van der Waals surface area contributed by atoms with E-state index in [9.17, 15) is 14.4 Å². The first kappa shape index (κ1) is 33.3. The number of ether oxygens (including phenoxy) is 2. The molecule has 4 rings (SSSR count). The lowest BCUT2D eigenvalue weighted by Gasteiger charge is -2.40. The second kappa shape index (κ2) is 12.0. The van der Waals surface area contributed by atoms with Crippen LogP contribution in [-0.2, 0) is 30.7 Å². The molecule has 0 fully saturated rings. The molecule has 9 nitrogen and oxygen atoms in total. The largest absolute Gasteiger partial charge is 0.449 e. The number of para-hydroxylation sites is 1. The molecule has 2 heterocycles. The maximum Gasteiger partial charge on any atom is 0.413 e. The van der Waals surface area contributed by atoms with Crippen LogP contribution in [0.4, 0.5) is 21.0 Å². The number of anilines is 2. The molecule has 2 aliphatic heterocycles. The fraction of sp³-hybridized carbons (Fsp3) is 0.500. The number of benzene rings is 2. The van der Waals surface area contributed by atoms with Gasteiger partial charge in [0.25, 0.3) is 0 Å². The van der Waals surface area contributed by atoms with Gasteiger partial charge in [-0.3, -0.25) is 15.0 Å². The van der Waals surface area contributed by atoms with Crippen LogP contribution in [0.15, 0.2) is 48.7 Å². The molecule has 3 amide bonds. The first-order valence-corrected chi connectivity index (χ1v) is 18.1. The van der Waals surface area contributed by atoms with E-state index < -0.39 is 31.5 Å². The van der Waals surface area contributed by atoms with Crippen molar-refractivity contribution < 1.29 is 28.3 Å². The van der Waals surface area contributed by atoms with Gasteiger partial charge in [0.2, 0.25) is 5.91 Å². The number of likely N-dealkylation sites (N-methyl/N-ethyl adjacent to an activating group) is 1. The molecular formula is C34H47N3O6Si. The van der Waals surface area contributed by atoms with E-state index in [0.29, 0.717) is 29.9 Å². The summed E-state index contributed by atoms with van der Waals surface area (Å²) >= 11 is 0. The van der Waals surface area contributed by atoms with Gasteiger partial charge in [-0.25, -0.2) is 9.59 Å². The summed E-state index contributed by atoms with van der Waals surface area (Å²) in [4.78, 5) is 43.7. The zero-order valence-corrected chi connectivity index (χ0v) is 28.8. The highest BCUT2D eigenvalue weighted by molar-refractivity contribution is 6.74. The standard InChI is InChI=1S/C34H47N3O6Si/c1-11-41-31(40)37-20-19-34(25(21-37)24-16-12-13-17-26(24)35-30(39)43-32(2,3)4)28-23(22-42-44(9,10)33(5,6)7)15-14-18-27(28)36(8)29(34)38/h12-18,21H,11,19-20,22H2,1-10H3,(H,35,39). The minimum absolute atomic E-state index is 0.0115. The Balaban J connectivity index is 1.92. The predicted octanol–water partition coefficient (Wildman–Crippen LogP) is 7.67. The Morgan fingerprint density at radius 1 is 1.02 bits per heavy atom. The number of fused-ring (bicyclic) bond motifs is 2. The van der Waals surface area contributed by atoms with Crippen LogP contribution in [0.2, 0.25) is 18.1 Å². The van der Waals surface area contributed by atoms with Gasteiger partial charge < -0.3 is 18.8 Å². The van der Waals surface area contributed by atoms with Crippen molar-refractivity contribution in [2.45, 2.75) is 90.6 Å². The molecule has 0 saturated heterocycles. The van der Waals surface area contributed by atoms with E-state index in [4.69, 9.17) is 13.9 Å². The Bertz CT molecular complexity index is 1470. The van der Waals surface area contributed by atoms with Crippen LogP contribution in [0.25, 0.3) is 5.57 Å². The quantitative estimate of drug-likeness (QED) is 0.333. The fourth-order valence-electron chi connectivity index (χ4n) is 5.58. The molecule has 10 heteroatoms. The highest BCUT2D eigenvalue weighted by atomic mass is 28.4. The Hall–Kier alpha value is -3.63. The molecule has 1 atom stereocenters. The maximum atomic E-state index is 14.6. The lowest BCUT2D eigenvalue weighted by atomic mass is 9.67. The predicted molar refractivity (Wildman–Crippen MR) is 176 cm³/mol. The zero-order valence-electron chi connectivity index (χ0n) is 27.8. The Morgan fingerprint density at radius 3 is 2.34 bits per heavy atom. The highest BCUT2D eigenvalue weighted by Crippen LogP contribution is 2.55. The summed E-state index contributed by atoms with van der Waals surface area (Å²) in [6.45, 7) is 19.0. The fourth-order valence-corrected chi connectivity index (χ4v) is 6.53. The van der Waals surface area contributed by atoms with Gasteiger partial charge in [-0.1, -0.05) is 51.1 Å². The number of rotatable bonds is 6. The first-order valence-electron chi connectivity index (χ1n) is 15.2. The summed E-state index contributed by atoms with van der Waals surface area (Å²) in [5.41, 5.74) is 2.45. The minimum atomic E-state index is -2.12. The third-order valence-electron chi connectivity index (χ3n) is 8.81. The van der Waals surface area contributed by atoms with Crippen molar-refractivity contribution in [2.24, 2.45) is 0 Å². The van der Waals surface area contributed by atoms with Gasteiger partial charge >= 0.3 is 12.2 Å². The van der Waals surface area contributed by atoms with Gasteiger partial charge in [-0.15, -0.1) is 0 Å². The SMILES string of the molecule is CCOC(=O)N1C=C(c2ccccc2NC(=O)OC(C)(C)C)C2(CC1)C(=O)N(C)c1cccc(CO[Si](C)(C)C(C)(C)C)c12. The average molecular weight is 622 g/mol. The van der Waals surface area contributed by atoms with E-state index in [1.165, 1.54) is 4.90 Å². The number of nitrogens with zero attached hydrogens (tertiary/aromatic N) is 2. The van der Waals surface area contributed by atoms with Gasteiger partial charge in [-0.05, 0) is 75.5 Å². The topological polar surface area (TPSA) is 97.4 Å². The van der Waals surface area contributed by atoms with E-state index in [2.05, 4.69) is 39.2 Å². The molecule has 238 valence electrons. The molecule has 44 heavy (non-hydrogen) atoms. The van der Waals surface area contributed by atoms with E-state index in [1.54, 1.807) is 51.9 Å². The van der Waals surface area contributed by atoms with Crippen LogP contribution in [0.3, 0.4) is 0 Å². The second-order valence-electron chi connectivity index (χ2n) is 14.0. The maximum absolute atomic E-state index is 14.6. The van der Waals surface area contributed by atoms with Crippen molar-refractivity contribution in [3.8, 4) is 0 Å². The van der Waals surface area contributed by atoms with Gasteiger partial charge in [0, 0.05) is 36.6 Å². The Kier molecular flexibility index (Phi) is 9.10. The van der Waals surface area contributed by atoms with Gasteiger partial charge in [-0.2, -0.15) is 0 Å². The van der Waals surface area contributed by atoms with Crippen molar-refractivity contribution in [1.82, 2.24) is 4.90 Å². The molecule has 0 aromatic heterocycles. The number of carbonyl (C=O) groups excluding carboxylic acids is 3. The van der Waals surface area contributed by atoms with Crippen molar-refractivity contribution >= 4 is 43.4 Å². The molecule has 0 aliphatic carbocycles. The normalized spacial score (nSPS) is 18.7. The van der Waals surface area contributed by atoms with Crippen LogP contribution in [-0.4, -0.2) is 57.1 Å². The van der Waals surface area contributed by atoms with Crippen LogP contribution >= 0.6 is 0 Å². The number of hydrogen-bond donors (Lipinski definition) is 1. The first-order chi connectivity index (χ1) is 20.4. The zero-order chi connectivity index (χ0) is 32.7. The van der Waals surface area contributed by atoms with Crippen LogP contribution in [0, 0.1) is 0 Å². The molecular weight excluding hydrogens is 574 g/mol. The Labute approximate surface area is 262 Å². The van der Waals surface area contributed by atoms with Crippen LogP contribution in [0.5, 0.6) is 0 Å². The molecule has 0 saturated carbocycles. The molecule has 2 aromatic rings. The summed E-state index contributed by atoms with van der Waals surface area (Å²) in [5, 5.41) is 2.90. The van der Waals surface area contributed by atoms with Gasteiger partial charge in [0.05, 0.1) is 18.9 Å². The molecule has 1 N–H and O–H groups in total. The lowest BCUT2D eigenvalue weighted by Crippen LogP contribution is -2.47. The summed E-state index contributed by atoms with van der Waals surface area (Å²) in [7, 11) is -0.336. The molecule has 0 radical (unpaired) electrons. The van der Waals surface area contributed by atoms with E-state index in [-0.39, 0.29) is 24.1 Å². The van der Waals surface area contributed by atoms with Gasteiger partial charge in [0.15, 0.2) is 8.32 Å². The van der Waals surface area contributed by atoms with Gasteiger partial charge in [0.1, 0.15) is 11.0 Å². The van der Waals surface area contributed by atoms with E-state index >= 15 is 0 Å². The summed E-state index contributed by atoms with van der Waals surface area (Å²) < 4.78 is 17.6. The highest BCUT2D eigenvalue weighted by Gasteiger charge is 2.56. The minimum Gasteiger partial charge on any atom is -0.449 e. The average Bonchev–Trinajstić information content (AvgIpc) is 3.14. The summed E-state index contributed by atoms with van der Waals surface area (Å²) in [6, 6.07) is 13.2. The molecule has 1 spiro atoms. The van der Waals surface area contributed by atoms with Crippen LogP contribution < -0.4 is 10.2 Å². The van der Waals surface area contributed by atoms with Crippen molar-refractivity contribution in [3.05, 3.63) is 65.4 Å². The Morgan fingerprint density at radius 2 is 1.70 bits per heavy atom. The monoisotopic (exact) mass is 621 g/mol. The van der Waals surface area contributed by atoms with Crippen molar-refractivity contribution in [3.63, 3.8) is 0 Å². The third kappa shape index (κ3) is 6.28. The summed E-state index contributed by atoms with van der Waals surface area (Å²) in [6.07, 6.45) is 0.928. The lowest BCUT2D eigenvalue weighted by molar-refractivity contribution is -0.121. The van der Waals surface area contributed by atoms with E-state index in [0.717, 1.165) is 16.8 Å². The smallest absolute Gasteiger partial charge is 0.413 e. The van der Waals surface area contributed by atoms with Crippen molar-refractivity contribution in [2.75, 3.05) is 30.4 Å². The second-order valence-corrected chi connectivity index (χ2v) is 18.8. The molecule has 0 bridgehead atoms. The van der Waals surface area contributed by atoms with Crippen LogP contribution in [0.1, 0.15) is 71.6 Å². The molecule has 1 unspecified atom stereocenters. The third-order valence-corrected chi connectivity index (χ3v) is 13.3. The molecule has 2 aliphatic rings. The molecule has 2 aromatic carbocycles. The summed E-state index contributed by atoms with van der Waals surface area (Å²) in [5.74, 6) is -0.103. The number of amides is 3. The van der Waals surface area contributed by atoms with Crippen molar-refractivity contribution in [1.29, 1.82) is 0 Å². The number of carbonyl (C=O) groups is 3. The number of hydrogen-bond acceptors (Lipinski definition) is 6. The number of nitrogens with one attached hydrogen (secondary N) is 1. The van der Waals surface area contributed by atoms with E-state index in [1.807, 2.05) is 36.4 Å².